The maximum absolute atomic E-state index is 13.1. The van der Waals surface area contributed by atoms with E-state index in [0.29, 0.717) is 26.1 Å². The van der Waals surface area contributed by atoms with Crippen molar-refractivity contribution in [1.82, 2.24) is 15.1 Å². The van der Waals surface area contributed by atoms with Crippen LogP contribution in [0.15, 0.2) is 0 Å². The predicted molar refractivity (Wildman–Crippen MR) is 115 cm³/mol. The van der Waals surface area contributed by atoms with Crippen LogP contribution in [0, 0.1) is 17.3 Å². The van der Waals surface area contributed by atoms with Gasteiger partial charge < -0.3 is 15.1 Å². The first-order valence-electron chi connectivity index (χ1n) is 11.4. The van der Waals surface area contributed by atoms with Crippen molar-refractivity contribution in [2.75, 3.05) is 19.6 Å². The third-order valence-corrected chi connectivity index (χ3v) is 6.40. The van der Waals surface area contributed by atoms with Crippen molar-refractivity contribution in [2.45, 2.75) is 92.2 Å². The van der Waals surface area contributed by atoms with E-state index in [-0.39, 0.29) is 29.7 Å². The second-order valence-corrected chi connectivity index (χ2v) is 10.4. The Bertz CT molecular complexity index is 591. The van der Waals surface area contributed by atoms with Crippen LogP contribution in [0.3, 0.4) is 0 Å². The average Bonchev–Trinajstić information content (AvgIpc) is 3.15. The van der Waals surface area contributed by atoms with Crippen LogP contribution in [-0.2, 0) is 14.4 Å². The van der Waals surface area contributed by atoms with E-state index in [0.717, 1.165) is 12.3 Å². The molecule has 0 aromatic carbocycles. The largest absolute Gasteiger partial charge is 0.344 e. The minimum Gasteiger partial charge on any atom is -0.344 e. The Morgan fingerprint density at radius 2 is 1.69 bits per heavy atom. The molecular weight excluding hydrogens is 366 g/mol. The van der Waals surface area contributed by atoms with E-state index in [4.69, 9.17) is 0 Å². The Balaban J connectivity index is 1.91. The van der Waals surface area contributed by atoms with Crippen LogP contribution in [0.1, 0.15) is 80.1 Å². The lowest BCUT2D eigenvalue weighted by atomic mass is 9.93. The van der Waals surface area contributed by atoms with Gasteiger partial charge in [0.1, 0.15) is 6.04 Å². The number of hydrogen-bond acceptors (Lipinski definition) is 3. The van der Waals surface area contributed by atoms with Gasteiger partial charge in [-0.15, -0.1) is 0 Å². The zero-order valence-corrected chi connectivity index (χ0v) is 19.3. The highest BCUT2D eigenvalue weighted by Crippen LogP contribution is 2.29. The third kappa shape index (κ3) is 6.45. The van der Waals surface area contributed by atoms with E-state index in [2.05, 4.69) is 5.32 Å². The van der Waals surface area contributed by atoms with Crippen molar-refractivity contribution in [1.29, 1.82) is 0 Å². The molecule has 3 amide bonds. The number of nitrogens with one attached hydrogen (secondary N) is 1. The molecule has 6 heteroatoms. The van der Waals surface area contributed by atoms with Crippen LogP contribution < -0.4 is 5.32 Å². The third-order valence-electron chi connectivity index (χ3n) is 6.40. The van der Waals surface area contributed by atoms with Crippen LogP contribution in [-0.4, -0.2) is 59.2 Å². The molecule has 6 nitrogen and oxygen atoms in total. The van der Waals surface area contributed by atoms with Gasteiger partial charge in [-0.05, 0) is 25.2 Å². The van der Waals surface area contributed by atoms with Crippen molar-refractivity contribution in [3.8, 4) is 0 Å². The molecule has 2 atom stereocenters. The number of amides is 3. The molecule has 1 N–H and O–H groups in total. The molecule has 0 radical (unpaired) electrons. The van der Waals surface area contributed by atoms with E-state index >= 15 is 0 Å². The van der Waals surface area contributed by atoms with Gasteiger partial charge in [-0.3, -0.25) is 14.4 Å². The summed E-state index contributed by atoms with van der Waals surface area (Å²) in [6.45, 7) is 13.1. The first kappa shape index (κ1) is 23.7. The van der Waals surface area contributed by atoms with Gasteiger partial charge in [0, 0.05) is 37.5 Å². The summed E-state index contributed by atoms with van der Waals surface area (Å²) in [4.78, 5) is 42.0. The van der Waals surface area contributed by atoms with Gasteiger partial charge in [0.25, 0.3) is 0 Å². The highest BCUT2D eigenvalue weighted by molar-refractivity contribution is 5.90. The Labute approximate surface area is 176 Å². The first-order chi connectivity index (χ1) is 13.5. The maximum atomic E-state index is 13.1. The lowest BCUT2D eigenvalue weighted by molar-refractivity contribution is -0.146. The fourth-order valence-corrected chi connectivity index (χ4v) is 4.37. The van der Waals surface area contributed by atoms with Crippen molar-refractivity contribution in [3.63, 3.8) is 0 Å². The van der Waals surface area contributed by atoms with E-state index in [1.807, 2.05) is 51.3 Å². The molecule has 1 heterocycles. The van der Waals surface area contributed by atoms with Crippen molar-refractivity contribution >= 4 is 17.7 Å². The summed E-state index contributed by atoms with van der Waals surface area (Å²) < 4.78 is 0. The molecule has 2 aliphatic rings. The van der Waals surface area contributed by atoms with Gasteiger partial charge in [0.05, 0.1) is 0 Å². The number of nitrogens with zero attached hydrogens (tertiary/aromatic N) is 2. The summed E-state index contributed by atoms with van der Waals surface area (Å²) in [7, 11) is 0. The van der Waals surface area contributed by atoms with E-state index in [1.165, 1.54) is 25.7 Å². The highest BCUT2D eigenvalue weighted by Gasteiger charge is 2.36. The summed E-state index contributed by atoms with van der Waals surface area (Å²) in [6.07, 6.45) is 6.76. The molecule has 2 rings (SSSR count). The standard InChI is InChI=1S/C23H41N3O3/c1-16(2)20(24-22(29)23(4,5)6)21(28)25-13-14-26(17(3)15-25)19(27)12-11-18-9-7-8-10-18/h16-18,20H,7-15H2,1-6H3,(H,24,29). The van der Waals surface area contributed by atoms with Crippen LogP contribution in [0.2, 0.25) is 0 Å². The first-order valence-corrected chi connectivity index (χ1v) is 11.4. The lowest BCUT2D eigenvalue weighted by Crippen LogP contribution is -2.60. The van der Waals surface area contributed by atoms with Crippen molar-refractivity contribution in [2.24, 2.45) is 17.3 Å². The zero-order chi connectivity index (χ0) is 21.8. The summed E-state index contributed by atoms with van der Waals surface area (Å²) in [5.41, 5.74) is -0.537. The minimum atomic E-state index is -0.537. The molecule has 2 fully saturated rings. The number of hydrogen-bond donors (Lipinski definition) is 1. The molecule has 1 saturated heterocycles. The van der Waals surface area contributed by atoms with Crippen molar-refractivity contribution < 1.29 is 14.4 Å². The Morgan fingerprint density at radius 3 is 2.21 bits per heavy atom. The summed E-state index contributed by atoms with van der Waals surface area (Å²) in [6, 6.07) is -0.520. The normalized spacial score (nSPS) is 22.1. The molecule has 2 unspecified atom stereocenters. The predicted octanol–water partition coefficient (Wildman–Crippen LogP) is 3.20. The van der Waals surface area contributed by atoms with E-state index < -0.39 is 11.5 Å². The molecular formula is C23H41N3O3. The SMILES string of the molecule is CC(C)C(NC(=O)C(C)(C)C)C(=O)N1CCN(C(=O)CCC2CCCC2)C(C)C1. The molecule has 1 saturated carbocycles. The van der Waals surface area contributed by atoms with Gasteiger partial charge in [-0.25, -0.2) is 0 Å². The highest BCUT2D eigenvalue weighted by atomic mass is 16.2. The number of carbonyl (C=O) groups is 3. The fraction of sp³-hybridized carbons (Fsp3) is 0.870. The maximum Gasteiger partial charge on any atom is 0.245 e. The van der Waals surface area contributed by atoms with Crippen LogP contribution in [0.4, 0.5) is 0 Å². The molecule has 0 aromatic heterocycles. The Morgan fingerprint density at radius 1 is 1.07 bits per heavy atom. The van der Waals surface area contributed by atoms with Crippen molar-refractivity contribution in [3.05, 3.63) is 0 Å². The molecule has 29 heavy (non-hydrogen) atoms. The molecule has 1 aliphatic carbocycles. The summed E-state index contributed by atoms with van der Waals surface area (Å²) >= 11 is 0. The molecule has 0 aromatic rings. The summed E-state index contributed by atoms with van der Waals surface area (Å²) in [5, 5.41) is 2.94. The smallest absolute Gasteiger partial charge is 0.245 e. The molecule has 1 aliphatic heterocycles. The number of carbonyl (C=O) groups excluding carboxylic acids is 3. The van der Waals surface area contributed by atoms with E-state index in [1.54, 1.807) is 0 Å². The second kappa shape index (κ2) is 9.94. The molecule has 0 bridgehead atoms. The van der Waals surface area contributed by atoms with E-state index in [9.17, 15) is 14.4 Å². The lowest BCUT2D eigenvalue weighted by Gasteiger charge is -2.42. The summed E-state index contributed by atoms with van der Waals surface area (Å²) in [5.74, 6) is 0.796. The zero-order valence-electron chi connectivity index (χ0n) is 19.3. The van der Waals surface area contributed by atoms with Crippen LogP contribution in [0.25, 0.3) is 0 Å². The number of rotatable bonds is 6. The monoisotopic (exact) mass is 407 g/mol. The van der Waals surface area contributed by atoms with Gasteiger partial charge >= 0.3 is 0 Å². The van der Waals surface area contributed by atoms with Crippen LogP contribution in [0.5, 0.6) is 0 Å². The Kier molecular flexibility index (Phi) is 8.12. The van der Waals surface area contributed by atoms with Crippen LogP contribution >= 0.6 is 0 Å². The minimum absolute atomic E-state index is 0.00917. The van der Waals surface area contributed by atoms with Gasteiger partial charge in [-0.2, -0.15) is 0 Å². The van der Waals surface area contributed by atoms with Gasteiger partial charge in [0.15, 0.2) is 0 Å². The topological polar surface area (TPSA) is 69.7 Å². The fourth-order valence-electron chi connectivity index (χ4n) is 4.37. The Hall–Kier alpha value is -1.59. The van der Waals surface area contributed by atoms with Gasteiger partial charge in [-0.1, -0.05) is 60.3 Å². The molecule has 166 valence electrons. The second-order valence-electron chi connectivity index (χ2n) is 10.4. The van der Waals surface area contributed by atoms with Gasteiger partial charge in [0.2, 0.25) is 17.7 Å². The quantitative estimate of drug-likeness (QED) is 0.735. The number of piperazine rings is 1. The average molecular weight is 408 g/mol. The molecule has 0 spiro atoms.